The van der Waals surface area contributed by atoms with E-state index in [0.717, 1.165) is 40.4 Å². The van der Waals surface area contributed by atoms with E-state index in [2.05, 4.69) is 15.9 Å². The molecule has 0 spiro atoms. The highest BCUT2D eigenvalue weighted by molar-refractivity contribution is 9.10. The molecule has 5 rings (SSSR count). The SMILES string of the molecule is CN(CC1CCCO1)S(=O)(=O)c1ccc(C(=O)N(CC2CCCO2)c2nc3ccc(Br)cc3s2)cc1. The van der Waals surface area contributed by atoms with Crippen LogP contribution in [0.3, 0.4) is 0 Å². The van der Waals surface area contributed by atoms with Crippen molar-refractivity contribution in [3.63, 3.8) is 0 Å². The molecular formula is C25H28BrN3O5S2. The van der Waals surface area contributed by atoms with Crippen molar-refractivity contribution in [2.24, 2.45) is 0 Å². The molecule has 8 nitrogen and oxygen atoms in total. The monoisotopic (exact) mass is 593 g/mol. The van der Waals surface area contributed by atoms with Crippen molar-refractivity contribution in [1.29, 1.82) is 0 Å². The molecular weight excluding hydrogens is 566 g/mol. The van der Waals surface area contributed by atoms with E-state index >= 15 is 0 Å². The molecule has 0 radical (unpaired) electrons. The lowest BCUT2D eigenvalue weighted by Gasteiger charge is -2.23. The molecule has 2 aromatic carbocycles. The minimum absolute atomic E-state index is 0.0567. The summed E-state index contributed by atoms with van der Waals surface area (Å²) in [4.78, 5) is 20.2. The Balaban J connectivity index is 1.39. The van der Waals surface area contributed by atoms with Crippen LogP contribution in [0.5, 0.6) is 0 Å². The second-order valence-corrected chi connectivity index (χ2v) is 13.1. The lowest BCUT2D eigenvalue weighted by atomic mass is 10.2. The van der Waals surface area contributed by atoms with E-state index in [-0.39, 0.29) is 23.0 Å². The number of hydrogen-bond acceptors (Lipinski definition) is 7. The molecule has 2 aliphatic rings. The average Bonchev–Trinajstić information content (AvgIpc) is 3.64. The van der Waals surface area contributed by atoms with Crippen molar-refractivity contribution in [3.8, 4) is 0 Å². The molecule has 11 heteroatoms. The molecule has 0 aliphatic carbocycles. The Labute approximate surface area is 223 Å². The van der Waals surface area contributed by atoms with Crippen molar-refractivity contribution in [2.45, 2.75) is 42.8 Å². The second kappa shape index (κ2) is 10.8. The molecule has 2 saturated heterocycles. The van der Waals surface area contributed by atoms with Gasteiger partial charge in [-0.05, 0) is 68.1 Å². The van der Waals surface area contributed by atoms with Crippen LogP contribution in [0.2, 0.25) is 0 Å². The van der Waals surface area contributed by atoms with E-state index in [1.807, 2.05) is 18.2 Å². The summed E-state index contributed by atoms with van der Waals surface area (Å²) < 4.78 is 40.8. The minimum atomic E-state index is -3.69. The van der Waals surface area contributed by atoms with Gasteiger partial charge in [-0.25, -0.2) is 13.4 Å². The van der Waals surface area contributed by atoms with Crippen LogP contribution in [0.15, 0.2) is 51.8 Å². The van der Waals surface area contributed by atoms with Gasteiger partial charge in [0.25, 0.3) is 5.91 Å². The molecule has 3 heterocycles. The van der Waals surface area contributed by atoms with Crippen LogP contribution in [-0.4, -0.2) is 69.2 Å². The first kappa shape index (κ1) is 25.7. The van der Waals surface area contributed by atoms with Gasteiger partial charge in [-0.1, -0.05) is 27.3 Å². The average molecular weight is 595 g/mol. The number of nitrogens with zero attached hydrogens (tertiary/aromatic N) is 3. The van der Waals surface area contributed by atoms with Gasteiger partial charge in [-0.15, -0.1) is 0 Å². The number of ether oxygens (including phenoxy) is 2. The number of fused-ring (bicyclic) bond motifs is 1. The normalized spacial score (nSPS) is 20.4. The Morgan fingerprint density at radius 1 is 1.06 bits per heavy atom. The largest absolute Gasteiger partial charge is 0.377 e. The number of rotatable bonds is 8. The van der Waals surface area contributed by atoms with Crippen molar-refractivity contribution in [2.75, 3.05) is 38.3 Å². The zero-order valence-corrected chi connectivity index (χ0v) is 23.1. The van der Waals surface area contributed by atoms with Crippen LogP contribution in [0.4, 0.5) is 5.13 Å². The zero-order chi connectivity index (χ0) is 25.3. The zero-order valence-electron chi connectivity index (χ0n) is 19.9. The van der Waals surface area contributed by atoms with Gasteiger partial charge < -0.3 is 9.47 Å². The number of aromatic nitrogens is 1. The molecule has 1 amide bonds. The van der Waals surface area contributed by atoms with E-state index in [1.54, 1.807) is 24.1 Å². The first-order chi connectivity index (χ1) is 17.3. The third-order valence-electron chi connectivity index (χ3n) is 6.52. The second-order valence-electron chi connectivity index (χ2n) is 9.10. The number of sulfonamides is 1. The van der Waals surface area contributed by atoms with Gasteiger partial charge in [0.15, 0.2) is 5.13 Å². The quantitative estimate of drug-likeness (QED) is 0.376. The van der Waals surface area contributed by atoms with E-state index in [4.69, 9.17) is 14.5 Å². The first-order valence-corrected chi connectivity index (χ1v) is 15.0. The standard InChI is InChI=1S/C25H28BrN3O5S2/c1-28(15-19-4-2-12-33-19)36(31,32)21-9-6-17(7-10-21)24(30)29(16-20-5-3-13-34-20)25-27-22-11-8-18(26)14-23(22)35-25/h6-11,14,19-20H,2-5,12-13,15-16H2,1H3. The highest BCUT2D eigenvalue weighted by Crippen LogP contribution is 2.33. The van der Waals surface area contributed by atoms with E-state index < -0.39 is 10.0 Å². The van der Waals surface area contributed by atoms with Crippen LogP contribution in [-0.2, 0) is 19.5 Å². The number of hydrogen-bond donors (Lipinski definition) is 0. The van der Waals surface area contributed by atoms with Crippen LogP contribution in [0.1, 0.15) is 36.0 Å². The Morgan fingerprint density at radius 2 is 1.72 bits per heavy atom. The van der Waals surface area contributed by atoms with Crippen molar-refractivity contribution in [3.05, 3.63) is 52.5 Å². The molecule has 3 aromatic rings. The van der Waals surface area contributed by atoms with Crippen LogP contribution in [0, 0.1) is 0 Å². The Bertz CT molecular complexity index is 1330. The van der Waals surface area contributed by atoms with Crippen molar-refractivity contribution < 1.29 is 22.7 Å². The number of anilines is 1. The number of carbonyl (C=O) groups is 1. The van der Waals surface area contributed by atoms with E-state index in [0.29, 0.717) is 37.0 Å². The highest BCUT2D eigenvalue weighted by Gasteiger charge is 2.29. The maximum absolute atomic E-state index is 13.7. The minimum Gasteiger partial charge on any atom is -0.377 e. The summed E-state index contributed by atoms with van der Waals surface area (Å²) in [5.74, 6) is -0.236. The molecule has 2 unspecified atom stereocenters. The third kappa shape index (κ3) is 5.51. The molecule has 0 N–H and O–H groups in total. The highest BCUT2D eigenvalue weighted by atomic mass is 79.9. The number of carbonyl (C=O) groups excluding carboxylic acids is 1. The number of halogens is 1. The smallest absolute Gasteiger partial charge is 0.260 e. The van der Waals surface area contributed by atoms with Gasteiger partial charge in [-0.3, -0.25) is 9.69 Å². The summed E-state index contributed by atoms with van der Waals surface area (Å²) in [7, 11) is -2.13. The maximum atomic E-state index is 13.7. The fraction of sp³-hybridized carbons (Fsp3) is 0.440. The van der Waals surface area contributed by atoms with Crippen LogP contribution in [0.25, 0.3) is 10.2 Å². The van der Waals surface area contributed by atoms with Gasteiger partial charge >= 0.3 is 0 Å². The fourth-order valence-electron chi connectivity index (χ4n) is 4.52. The number of benzene rings is 2. The van der Waals surface area contributed by atoms with E-state index in [1.165, 1.54) is 27.8 Å². The molecule has 192 valence electrons. The Kier molecular flexibility index (Phi) is 7.75. The topological polar surface area (TPSA) is 89.0 Å². The van der Waals surface area contributed by atoms with Crippen LogP contribution >= 0.6 is 27.3 Å². The Hall–Kier alpha value is -1.89. The molecule has 2 atom stereocenters. The summed E-state index contributed by atoms with van der Waals surface area (Å²) in [6.07, 6.45) is 3.52. The van der Waals surface area contributed by atoms with Gasteiger partial charge in [0.2, 0.25) is 10.0 Å². The predicted octanol–water partition coefficient (Wildman–Crippen LogP) is 4.68. The van der Waals surface area contributed by atoms with Gasteiger partial charge in [0.1, 0.15) is 0 Å². The lowest BCUT2D eigenvalue weighted by Crippen LogP contribution is -2.37. The third-order valence-corrected chi connectivity index (χ3v) is 9.89. The predicted molar refractivity (Wildman–Crippen MR) is 143 cm³/mol. The lowest BCUT2D eigenvalue weighted by molar-refractivity contribution is 0.0917. The molecule has 0 saturated carbocycles. The molecule has 36 heavy (non-hydrogen) atoms. The summed E-state index contributed by atoms with van der Waals surface area (Å²) in [5.41, 5.74) is 1.22. The molecule has 2 aliphatic heterocycles. The number of likely N-dealkylation sites (N-methyl/N-ethyl adjacent to an activating group) is 1. The number of thiazole rings is 1. The molecule has 1 aromatic heterocycles. The first-order valence-electron chi connectivity index (χ1n) is 12.0. The number of amides is 1. The summed E-state index contributed by atoms with van der Waals surface area (Å²) in [6.45, 7) is 2.06. The van der Waals surface area contributed by atoms with E-state index in [9.17, 15) is 13.2 Å². The molecule has 0 bridgehead atoms. The van der Waals surface area contributed by atoms with Crippen molar-refractivity contribution in [1.82, 2.24) is 9.29 Å². The van der Waals surface area contributed by atoms with Gasteiger partial charge in [-0.2, -0.15) is 4.31 Å². The van der Waals surface area contributed by atoms with Crippen molar-refractivity contribution >= 4 is 58.5 Å². The Morgan fingerprint density at radius 3 is 2.36 bits per heavy atom. The summed E-state index contributed by atoms with van der Waals surface area (Å²) in [5, 5.41) is 0.594. The molecule has 2 fully saturated rings. The van der Waals surface area contributed by atoms with Crippen LogP contribution < -0.4 is 4.90 Å². The summed E-state index contributed by atoms with van der Waals surface area (Å²) >= 11 is 4.94. The fourth-order valence-corrected chi connectivity index (χ4v) is 7.25. The summed E-state index contributed by atoms with van der Waals surface area (Å²) in [6, 6.07) is 12.0. The van der Waals surface area contributed by atoms with Gasteiger partial charge in [0, 0.05) is 36.8 Å². The maximum Gasteiger partial charge on any atom is 0.260 e. The van der Waals surface area contributed by atoms with Gasteiger partial charge in [0.05, 0.1) is 33.9 Å².